The van der Waals surface area contributed by atoms with Crippen molar-refractivity contribution in [3.63, 3.8) is 0 Å². The van der Waals surface area contributed by atoms with Gasteiger partial charge in [-0.25, -0.2) is 0 Å². The van der Waals surface area contributed by atoms with Crippen LogP contribution in [0, 0.1) is 0 Å². The first kappa shape index (κ1) is 15.7. The number of carbonyl (C=O) groups is 1. The molecule has 0 radical (unpaired) electrons. The summed E-state index contributed by atoms with van der Waals surface area (Å²) in [5.74, 6) is -0.615. The first-order valence-electron chi connectivity index (χ1n) is 7.43. The van der Waals surface area contributed by atoms with Crippen molar-refractivity contribution in [1.29, 1.82) is 0 Å². The van der Waals surface area contributed by atoms with Gasteiger partial charge >= 0.3 is 0 Å². The predicted molar refractivity (Wildman–Crippen MR) is 84.3 cm³/mol. The molecule has 23 heavy (non-hydrogen) atoms. The van der Waals surface area contributed by atoms with Gasteiger partial charge < -0.3 is 20.2 Å². The van der Waals surface area contributed by atoms with Gasteiger partial charge in [-0.05, 0) is 11.1 Å². The lowest BCUT2D eigenvalue weighted by molar-refractivity contribution is -0.138. The molecule has 5 nitrogen and oxygen atoms in total. The largest absolute Gasteiger partial charge is 0.386 e. The molecule has 5 heteroatoms. The van der Waals surface area contributed by atoms with Crippen LogP contribution in [0.2, 0.25) is 0 Å². The topological polar surface area (TPSA) is 81.0 Å². The van der Waals surface area contributed by atoms with Crippen LogP contribution in [-0.4, -0.2) is 45.3 Å². The lowest BCUT2D eigenvalue weighted by atomic mass is 9.80. The van der Waals surface area contributed by atoms with Gasteiger partial charge in [0.1, 0.15) is 11.7 Å². The highest BCUT2D eigenvalue weighted by Gasteiger charge is 2.60. The van der Waals surface area contributed by atoms with Crippen LogP contribution in [0.3, 0.4) is 0 Å². The molecule has 0 aromatic heterocycles. The van der Waals surface area contributed by atoms with E-state index in [9.17, 15) is 20.1 Å². The van der Waals surface area contributed by atoms with Crippen LogP contribution in [-0.2, 0) is 10.4 Å². The Labute approximate surface area is 134 Å². The van der Waals surface area contributed by atoms with Crippen LogP contribution in [0.15, 0.2) is 60.7 Å². The quantitative estimate of drug-likeness (QED) is 0.783. The normalized spacial score (nSPS) is 28.9. The molecule has 1 fully saturated rings. The van der Waals surface area contributed by atoms with Crippen molar-refractivity contribution in [3.05, 3.63) is 71.8 Å². The summed E-state index contributed by atoms with van der Waals surface area (Å²) in [5.41, 5.74) is -0.923. The summed E-state index contributed by atoms with van der Waals surface area (Å²) >= 11 is 0. The summed E-state index contributed by atoms with van der Waals surface area (Å²) < 4.78 is 0. The number of hydrogen-bond donors (Lipinski definition) is 3. The first-order valence-corrected chi connectivity index (χ1v) is 7.43. The number of likely N-dealkylation sites (tertiary alicyclic amines) is 1. The fourth-order valence-corrected chi connectivity index (χ4v) is 3.29. The molecule has 1 heterocycles. The van der Waals surface area contributed by atoms with Crippen molar-refractivity contribution in [3.8, 4) is 0 Å². The Bertz CT molecular complexity index is 691. The SMILES string of the molecule is CN1C(=O)C(O)C(O)(c2ccccc2)C1C(O)c1ccccc1. The zero-order chi connectivity index (χ0) is 16.6. The molecule has 0 bridgehead atoms. The minimum absolute atomic E-state index is 0.394. The fourth-order valence-electron chi connectivity index (χ4n) is 3.29. The average molecular weight is 313 g/mol. The fraction of sp³-hybridized carbons (Fsp3) is 0.278. The van der Waals surface area contributed by atoms with Crippen LogP contribution >= 0.6 is 0 Å². The zero-order valence-electron chi connectivity index (χ0n) is 12.7. The second-order valence-corrected chi connectivity index (χ2v) is 5.84. The summed E-state index contributed by atoms with van der Waals surface area (Å²) in [6, 6.07) is 16.3. The standard InChI is InChI=1S/C18H19NO4/c1-19-15(14(20)12-8-4-2-5-9-12)18(23,16(21)17(19)22)13-10-6-3-7-11-13/h2-11,14-16,20-21,23H,1H3. The molecule has 2 aromatic carbocycles. The van der Waals surface area contributed by atoms with E-state index in [1.165, 1.54) is 11.9 Å². The van der Waals surface area contributed by atoms with Crippen molar-refractivity contribution in [1.82, 2.24) is 4.90 Å². The summed E-state index contributed by atoms with van der Waals surface area (Å²) in [6.45, 7) is 0. The molecule has 1 aliphatic rings. The van der Waals surface area contributed by atoms with Crippen LogP contribution in [0.5, 0.6) is 0 Å². The predicted octanol–water partition coefficient (Wildman–Crippen LogP) is 0.809. The van der Waals surface area contributed by atoms with E-state index in [1.807, 2.05) is 6.07 Å². The second kappa shape index (κ2) is 5.77. The molecule has 4 unspecified atom stereocenters. The van der Waals surface area contributed by atoms with Gasteiger partial charge in [-0.3, -0.25) is 4.79 Å². The summed E-state index contributed by atoms with van der Waals surface area (Å²) in [5, 5.41) is 32.3. The smallest absolute Gasteiger partial charge is 0.255 e. The number of aliphatic hydroxyl groups is 3. The summed E-state index contributed by atoms with van der Waals surface area (Å²) in [7, 11) is 1.48. The number of aliphatic hydroxyl groups excluding tert-OH is 2. The van der Waals surface area contributed by atoms with E-state index < -0.39 is 29.8 Å². The van der Waals surface area contributed by atoms with E-state index >= 15 is 0 Å². The molecule has 1 aliphatic heterocycles. The molecule has 1 saturated heterocycles. The molecular formula is C18H19NO4. The number of benzene rings is 2. The zero-order valence-corrected chi connectivity index (χ0v) is 12.7. The number of nitrogens with zero attached hydrogens (tertiary/aromatic N) is 1. The highest BCUT2D eigenvalue weighted by molar-refractivity contribution is 5.86. The summed E-state index contributed by atoms with van der Waals surface area (Å²) in [6.07, 6.45) is -2.76. The molecule has 0 spiro atoms. The van der Waals surface area contributed by atoms with Gasteiger partial charge in [0.2, 0.25) is 0 Å². The maximum absolute atomic E-state index is 12.2. The van der Waals surface area contributed by atoms with Crippen LogP contribution in [0.4, 0.5) is 0 Å². The Morgan fingerprint density at radius 1 is 1.04 bits per heavy atom. The maximum atomic E-state index is 12.2. The van der Waals surface area contributed by atoms with Crippen LogP contribution in [0.1, 0.15) is 17.2 Å². The Morgan fingerprint density at radius 3 is 2.13 bits per heavy atom. The Morgan fingerprint density at radius 2 is 1.57 bits per heavy atom. The molecule has 2 aromatic rings. The highest BCUT2D eigenvalue weighted by atomic mass is 16.4. The van der Waals surface area contributed by atoms with Gasteiger partial charge in [0.05, 0.1) is 6.04 Å². The molecule has 0 saturated carbocycles. The van der Waals surface area contributed by atoms with E-state index in [1.54, 1.807) is 54.6 Å². The molecule has 0 aliphatic carbocycles. The molecule has 4 atom stereocenters. The van der Waals surface area contributed by atoms with E-state index in [2.05, 4.69) is 0 Å². The van der Waals surface area contributed by atoms with Crippen LogP contribution < -0.4 is 0 Å². The van der Waals surface area contributed by atoms with Crippen molar-refractivity contribution in [2.75, 3.05) is 7.05 Å². The van der Waals surface area contributed by atoms with Gasteiger partial charge in [0.25, 0.3) is 5.91 Å². The van der Waals surface area contributed by atoms with E-state index in [0.717, 1.165) is 0 Å². The number of carbonyl (C=O) groups excluding carboxylic acids is 1. The van der Waals surface area contributed by atoms with Gasteiger partial charge in [-0.15, -0.1) is 0 Å². The average Bonchev–Trinajstić information content (AvgIpc) is 2.77. The third kappa shape index (κ3) is 2.34. The van der Waals surface area contributed by atoms with Gasteiger partial charge in [0, 0.05) is 7.05 Å². The van der Waals surface area contributed by atoms with Crippen molar-refractivity contribution >= 4 is 5.91 Å². The molecule has 120 valence electrons. The van der Waals surface area contributed by atoms with Gasteiger partial charge in [-0.1, -0.05) is 60.7 Å². The van der Waals surface area contributed by atoms with Crippen molar-refractivity contribution in [2.24, 2.45) is 0 Å². The van der Waals surface area contributed by atoms with Gasteiger partial charge in [-0.2, -0.15) is 0 Å². The second-order valence-electron chi connectivity index (χ2n) is 5.84. The summed E-state index contributed by atoms with van der Waals surface area (Å²) in [4.78, 5) is 13.5. The Balaban J connectivity index is 2.10. The minimum Gasteiger partial charge on any atom is -0.386 e. The molecule has 1 amide bonds. The molecule has 3 N–H and O–H groups in total. The Kier molecular flexibility index (Phi) is 3.93. The molecule has 3 rings (SSSR count). The first-order chi connectivity index (χ1) is 11.0. The number of rotatable bonds is 3. The monoisotopic (exact) mass is 313 g/mol. The number of likely N-dealkylation sites (N-methyl/N-ethyl adjacent to an activating group) is 1. The van der Waals surface area contributed by atoms with Gasteiger partial charge in [0.15, 0.2) is 6.10 Å². The Hall–Kier alpha value is -2.21. The molecular weight excluding hydrogens is 294 g/mol. The third-order valence-electron chi connectivity index (χ3n) is 4.54. The highest BCUT2D eigenvalue weighted by Crippen LogP contribution is 2.43. The van der Waals surface area contributed by atoms with E-state index in [-0.39, 0.29) is 0 Å². The minimum atomic E-state index is -1.89. The van der Waals surface area contributed by atoms with Crippen LogP contribution in [0.25, 0.3) is 0 Å². The van der Waals surface area contributed by atoms with Crippen molar-refractivity contribution < 1.29 is 20.1 Å². The van der Waals surface area contributed by atoms with Crippen molar-refractivity contribution in [2.45, 2.75) is 23.9 Å². The lowest BCUT2D eigenvalue weighted by Crippen LogP contribution is -2.49. The maximum Gasteiger partial charge on any atom is 0.255 e. The van der Waals surface area contributed by atoms with E-state index in [4.69, 9.17) is 0 Å². The lowest BCUT2D eigenvalue weighted by Gasteiger charge is -2.36. The number of hydrogen-bond acceptors (Lipinski definition) is 4. The third-order valence-corrected chi connectivity index (χ3v) is 4.54. The van der Waals surface area contributed by atoms with E-state index in [0.29, 0.717) is 11.1 Å². The number of amides is 1.